The molecule has 0 spiro atoms. The summed E-state index contributed by atoms with van der Waals surface area (Å²) in [5, 5.41) is 0. The quantitative estimate of drug-likeness (QED) is 0.0347. The maximum Gasteiger partial charge on any atom is 0.306 e. The molecule has 0 saturated heterocycles. The van der Waals surface area contributed by atoms with Crippen LogP contribution >= 0.6 is 0 Å². The minimum Gasteiger partial charge on any atom is -0.462 e. The molecule has 0 aromatic carbocycles. The van der Waals surface area contributed by atoms with Gasteiger partial charge in [0.05, 0.1) is 0 Å². The lowest BCUT2D eigenvalue weighted by Gasteiger charge is -2.18. The van der Waals surface area contributed by atoms with E-state index in [1.165, 1.54) is 161 Å². The Balaban J connectivity index is 4.26. The van der Waals surface area contributed by atoms with Crippen molar-refractivity contribution in [2.75, 3.05) is 13.2 Å². The van der Waals surface area contributed by atoms with Crippen LogP contribution in [0.15, 0.2) is 0 Å². The highest BCUT2D eigenvalue weighted by Crippen LogP contribution is 2.17. The summed E-state index contributed by atoms with van der Waals surface area (Å²) in [6.07, 6.45) is 42.5. The van der Waals surface area contributed by atoms with E-state index in [-0.39, 0.29) is 31.1 Å². The highest BCUT2D eigenvalue weighted by atomic mass is 16.6. The van der Waals surface area contributed by atoms with Gasteiger partial charge in [-0.1, -0.05) is 234 Å². The molecule has 0 rings (SSSR count). The number of carbonyl (C=O) groups excluding carboxylic acids is 3. The molecule has 0 fully saturated rings. The van der Waals surface area contributed by atoms with E-state index < -0.39 is 6.10 Å². The number of hydrogen-bond acceptors (Lipinski definition) is 6. The predicted octanol–water partition coefficient (Wildman–Crippen LogP) is 15.8. The molecule has 332 valence electrons. The highest BCUT2D eigenvalue weighted by Gasteiger charge is 2.19. The van der Waals surface area contributed by atoms with Crippen molar-refractivity contribution < 1.29 is 28.6 Å². The summed E-state index contributed by atoms with van der Waals surface area (Å²) in [5.41, 5.74) is 0. The van der Waals surface area contributed by atoms with Gasteiger partial charge in [-0.25, -0.2) is 0 Å². The van der Waals surface area contributed by atoms with Gasteiger partial charge in [0.25, 0.3) is 0 Å². The Morgan fingerprint density at radius 3 is 0.875 bits per heavy atom. The van der Waals surface area contributed by atoms with E-state index in [4.69, 9.17) is 14.2 Å². The van der Waals surface area contributed by atoms with Crippen LogP contribution in [-0.2, 0) is 28.6 Å². The Hall–Kier alpha value is -1.59. The van der Waals surface area contributed by atoms with Gasteiger partial charge in [-0.3, -0.25) is 14.4 Å². The monoisotopic (exact) mass is 793 g/mol. The van der Waals surface area contributed by atoms with Gasteiger partial charge in [-0.05, 0) is 31.1 Å². The molecule has 0 aliphatic rings. The molecule has 0 aliphatic carbocycles. The van der Waals surface area contributed by atoms with Gasteiger partial charge >= 0.3 is 17.9 Å². The average Bonchev–Trinajstić information content (AvgIpc) is 3.16. The Morgan fingerprint density at radius 2 is 0.589 bits per heavy atom. The zero-order valence-electron chi connectivity index (χ0n) is 38.3. The van der Waals surface area contributed by atoms with E-state index in [0.717, 1.165) is 69.6 Å². The van der Waals surface area contributed by atoms with E-state index in [0.29, 0.717) is 19.3 Å². The van der Waals surface area contributed by atoms with Gasteiger partial charge in [0, 0.05) is 19.3 Å². The van der Waals surface area contributed by atoms with E-state index in [1.54, 1.807) is 0 Å². The summed E-state index contributed by atoms with van der Waals surface area (Å²) in [7, 11) is 0. The third kappa shape index (κ3) is 43.5. The molecule has 0 saturated carbocycles. The van der Waals surface area contributed by atoms with Crippen LogP contribution in [0.2, 0.25) is 0 Å². The van der Waals surface area contributed by atoms with Gasteiger partial charge < -0.3 is 14.2 Å². The minimum absolute atomic E-state index is 0.0651. The van der Waals surface area contributed by atoms with Crippen LogP contribution in [0.4, 0.5) is 0 Å². The lowest BCUT2D eigenvalue weighted by Crippen LogP contribution is -2.30. The lowest BCUT2D eigenvalue weighted by molar-refractivity contribution is -0.167. The van der Waals surface area contributed by atoms with Crippen molar-refractivity contribution >= 4 is 17.9 Å². The predicted molar refractivity (Wildman–Crippen MR) is 238 cm³/mol. The molecule has 0 bridgehead atoms. The Kier molecular flexibility index (Phi) is 41.8. The van der Waals surface area contributed by atoms with Gasteiger partial charge in [-0.15, -0.1) is 0 Å². The molecular formula is C50H96O6. The normalized spacial score (nSPS) is 12.1. The van der Waals surface area contributed by atoms with Crippen LogP contribution in [0.25, 0.3) is 0 Å². The molecular weight excluding hydrogens is 697 g/mol. The van der Waals surface area contributed by atoms with Crippen molar-refractivity contribution in [2.24, 2.45) is 11.8 Å². The number of esters is 3. The van der Waals surface area contributed by atoms with Crippen molar-refractivity contribution in [2.45, 2.75) is 278 Å². The molecule has 0 aliphatic heterocycles. The Labute approximate surface area is 348 Å². The zero-order valence-corrected chi connectivity index (χ0v) is 38.3. The molecule has 0 aromatic rings. The van der Waals surface area contributed by atoms with Gasteiger partial charge in [0.1, 0.15) is 13.2 Å². The lowest BCUT2D eigenvalue weighted by atomic mass is 10.0. The standard InChI is InChI=1S/C50H96O6/c1-6-7-8-9-10-11-12-13-14-15-16-17-18-19-25-30-35-40-48(51)54-43-47(56-50(53)42-37-32-27-22-24-29-34-39-46(4)5)44-55-49(52)41-36-31-26-21-20-23-28-33-38-45(2)3/h45-47H,6-44H2,1-5H3/t47-/m1/s1. The summed E-state index contributed by atoms with van der Waals surface area (Å²) in [6, 6.07) is 0. The first kappa shape index (κ1) is 54.4. The summed E-state index contributed by atoms with van der Waals surface area (Å²) < 4.78 is 16.7. The molecule has 0 radical (unpaired) electrons. The van der Waals surface area contributed by atoms with Crippen LogP contribution in [0.5, 0.6) is 0 Å². The highest BCUT2D eigenvalue weighted by molar-refractivity contribution is 5.71. The van der Waals surface area contributed by atoms with Gasteiger partial charge in [0.15, 0.2) is 6.10 Å². The van der Waals surface area contributed by atoms with Crippen molar-refractivity contribution in [1.29, 1.82) is 0 Å². The van der Waals surface area contributed by atoms with Crippen LogP contribution in [0, 0.1) is 11.8 Å². The van der Waals surface area contributed by atoms with E-state index in [2.05, 4.69) is 34.6 Å². The topological polar surface area (TPSA) is 78.9 Å². The molecule has 0 heterocycles. The summed E-state index contributed by atoms with van der Waals surface area (Å²) in [4.78, 5) is 37.8. The smallest absolute Gasteiger partial charge is 0.306 e. The molecule has 6 heteroatoms. The molecule has 0 N–H and O–H groups in total. The SMILES string of the molecule is CCCCCCCCCCCCCCCCCCCC(=O)OC[C@H](COC(=O)CCCCCCCCCCC(C)C)OC(=O)CCCCCCCCCC(C)C. The van der Waals surface area contributed by atoms with Crippen LogP contribution in [0.1, 0.15) is 272 Å². The minimum atomic E-state index is -0.761. The first-order valence-corrected chi connectivity index (χ1v) is 24.7. The summed E-state index contributed by atoms with van der Waals surface area (Å²) in [5.74, 6) is 0.717. The average molecular weight is 793 g/mol. The third-order valence-corrected chi connectivity index (χ3v) is 11.2. The Bertz CT molecular complexity index is 854. The fourth-order valence-corrected chi connectivity index (χ4v) is 7.46. The van der Waals surface area contributed by atoms with E-state index >= 15 is 0 Å². The summed E-state index contributed by atoms with van der Waals surface area (Å²) >= 11 is 0. The molecule has 6 nitrogen and oxygen atoms in total. The third-order valence-electron chi connectivity index (χ3n) is 11.2. The second-order valence-electron chi connectivity index (χ2n) is 18.1. The molecule has 0 aromatic heterocycles. The first-order valence-electron chi connectivity index (χ1n) is 24.7. The number of hydrogen-bond donors (Lipinski definition) is 0. The molecule has 56 heavy (non-hydrogen) atoms. The van der Waals surface area contributed by atoms with Crippen molar-refractivity contribution in [3.8, 4) is 0 Å². The first-order chi connectivity index (χ1) is 27.2. The van der Waals surface area contributed by atoms with Crippen LogP contribution < -0.4 is 0 Å². The zero-order chi connectivity index (χ0) is 41.2. The van der Waals surface area contributed by atoms with Crippen LogP contribution in [0.3, 0.4) is 0 Å². The largest absolute Gasteiger partial charge is 0.462 e. The fraction of sp³-hybridized carbons (Fsp3) is 0.940. The van der Waals surface area contributed by atoms with Gasteiger partial charge in [0.2, 0.25) is 0 Å². The van der Waals surface area contributed by atoms with E-state index in [9.17, 15) is 14.4 Å². The van der Waals surface area contributed by atoms with Crippen molar-refractivity contribution in [3.05, 3.63) is 0 Å². The fourth-order valence-electron chi connectivity index (χ4n) is 7.46. The molecule has 0 amide bonds. The second kappa shape index (κ2) is 43.0. The second-order valence-corrected chi connectivity index (χ2v) is 18.1. The summed E-state index contributed by atoms with van der Waals surface area (Å²) in [6.45, 7) is 11.3. The molecule has 0 unspecified atom stereocenters. The number of ether oxygens (including phenoxy) is 3. The van der Waals surface area contributed by atoms with Crippen LogP contribution in [-0.4, -0.2) is 37.2 Å². The molecule has 1 atom stereocenters. The van der Waals surface area contributed by atoms with Crippen molar-refractivity contribution in [1.82, 2.24) is 0 Å². The van der Waals surface area contributed by atoms with Crippen molar-refractivity contribution in [3.63, 3.8) is 0 Å². The maximum absolute atomic E-state index is 12.7. The number of unbranched alkanes of at least 4 members (excludes halogenated alkanes) is 29. The van der Waals surface area contributed by atoms with Gasteiger partial charge in [-0.2, -0.15) is 0 Å². The maximum atomic E-state index is 12.7. The number of rotatable bonds is 44. The van der Waals surface area contributed by atoms with E-state index in [1.807, 2.05) is 0 Å². The number of carbonyl (C=O) groups is 3. The Morgan fingerprint density at radius 1 is 0.339 bits per heavy atom.